The second-order valence-electron chi connectivity index (χ2n) is 2.79. The molecule has 0 N–H and O–H groups in total. The van der Waals surface area contributed by atoms with E-state index >= 15 is 0 Å². The van der Waals surface area contributed by atoms with Gasteiger partial charge in [0.1, 0.15) is 6.29 Å². The number of carbonyl (C=O) groups is 1. The standard InChI is InChI=1S/C11H11ClO/c1-9-7-10(8-13)4-5-11(9)3-2-6-12/h2-5,7-8H,6H2,1H3. The summed E-state index contributed by atoms with van der Waals surface area (Å²) in [5.74, 6) is 0.509. The molecule has 0 spiro atoms. The van der Waals surface area contributed by atoms with Crippen molar-refractivity contribution in [3.8, 4) is 0 Å². The maximum absolute atomic E-state index is 10.4. The van der Waals surface area contributed by atoms with Gasteiger partial charge in [0, 0.05) is 11.4 Å². The number of halogens is 1. The molecule has 0 amide bonds. The molecule has 1 nitrogen and oxygen atoms in total. The predicted molar refractivity (Wildman–Crippen MR) is 56.3 cm³/mol. The molecule has 2 heteroatoms. The molecular formula is C11H11ClO. The Balaban J connectivity index is 2.98. The van der Waals surface area contributed by atoms with Crippen molar-refractivity contribution in [2.75, 3.05) is 5.88 Å². The Labute approximate surface area is 83.0 Å². The van der Waals surface area contributed by atoms with Gasteiger partial charge in [-0.05, 0) is 24.1 Å². The Morgan fingerprint density at radius 1 is 1.46 bits per heavy atom. The summed E-state index contributed by atoms with van der Waals surface area (Å²) >= 11 is 5.52. The first-order valence-corrected chi connectivity index (χ1v) is 4.59. The number of aldehydes is 1. The minimum absolute atomic E-state index is 0.509. The summed E-state index contributed by atoms with van der Waals surface area (Å²) in [4.78, 5) is 10.4. The zero-order valence-electron chi connectivity index (χ0n) is 7.46. The molecule has 0 aliphatic carbocycles. The van der Waals surface area contributed by atoms with Crippen molar-refractivity contribution in [2.45, 2.75) is 6.92 Å². The number of aryl methyl sites for hydroxylation is 1. The van der Waals surface area contributed by atoms with Gasteiger partial charge in [-0.1, -0.05) is 24.3 Å². The minimum atomic E-state index is 0.509. The van der Waals surface area contributed by atoms with E-state index in [1.165, 1.54) is 0 Å². The van der Waals surface area contributed by atoms with Crippen LogP contribution in [0.2, 0.25) is 0 Å². The summed E-state index contributed by atoms with van der Waals surface area (Å²) in [7, 11) is 0. The normalized spacial score (nSPS) is 10.6. The zero-order valence-corrected chi connectivity index (χ0v) is 8.21. The first-order chi connectivity index (χ1) is 6.27. The maximum Gasteiger partial charge on any atom is 0.150 e. The molecule has 1 aromatic carbocycles. The van der Waals surface area contributed by atoms with Crippen LogP contribution in [0.5, 0.6) is 0 Å². The Morgan fingerprint density at radius 3 is 2.77 bits per heavy atom. The molecule has 0 heterocycles. The number of hydrogen-bond acceptors (Lipinski definition) is 1. The summed E-state index contributed by atoms with van der Waals surface area (Å²) in [6, 6.07) is 5.58. The zero-order chi connectivity index (χ0) is 9.68. The van der Waals surface area contributed by atoms with Gasteiger partial charge in [0.05, 0.1) is 0 Å². The van der Waals surface area contributed by atoms with Gasteiger partial charge in [0.25, 0.3) is 0 Å². The van der Waals surface area contributed by atoms with Crippen LogP contribution in [-0.2, 0) is 0 Å². The fourth-order valence-electron chi connectivity index (χ4n) is 1.13. The van der Waals surface area contributed by atoms with E-state index in [1.807, 2.05) is 31.2 Å². The van der Waals surface area contributed by atoms with Crippen molar-refractivity contribution in [3.05, 3.63) is 41.0 Å². The van der Waals surface area contributed by atoms with Gasteiger partial charge < -0.3 is 0 Å². The monoisotopic (exact) mass is 194 g/mol. The third-order valence-electron chi connectivity index (χ3n) is 1.82. The van der Waals surface area contributed by atoms with Crippen LogP contribution >= 0.6 is 11.6 Å². The van der Waals surface area contributed by atoms with E-state index in [9.17, 15) is 4.79 Å². The van der Waals surface area contributed by atoms with Gasteiger partial charge in [0.15, 0.2) is 0 Å². The number of hydrogen-bond donors (Lipinski definition) is 0. The quantitative estimate of drug-likeness (QED) is 0.534. The first-order valence-electron chi connectivity index (χ1n) is 4.06. The lowest BCUT2D eigenvalue weighted by Gasteiger charge is -2.00. The summed E-state index contributed by atoms with van der Waals surface area (Å²) in [5.41, 5.74) is 2.90. The molecule has 1 rings (SSSR count). The van der Waals surface area contributed by atoms with E-state index in [2.05, 4.69) is 0 Å². The van der Waals surface area contributed by atoms with Crippen LogP contribution in [0, 0.1) is 6.92 Å². The molecule has 0 aliphatic rings. The molecule has 0 unspecified atom stereocenters. The van der Waals surface area contributed by atoms with Crippen LogP contribution in [-0.4, -0.2) is 12.2 Å². The van der Waals surface area contributed by atoms with Crippen LogP contribution in [0.4, 0.5) is 0 Å². The van der Waals surface area contributed by atoms with Gasteiger partial charge >= 0.3 is 0 Å². The van der Waals surface area contributed by atoms with E-state index in [-0.39, 0.29) is 0 Å². The summed E-state index contributed by atoms with van der Waals surface area (Å²) < 4.78 is 0. The van der Waals surface area contributed by atoms with Gasteiger partial charge in [-0.15, -0.1) is 11.6 Å². The number of rotatable bonds is 3. The van der Waals surface area contributed by atoms with Gasteiger partial charge in [-0.2, -0.15) is 0 Å². The molecule has 0 atom stereocenters. The van der Waals surface area contributed by atoms with Crippen molar-refractivity contribution >= 4 is 24.0 Å². The molecule has 0 saturated carbocycles. The summed E-state index contributed by atoms with van der Waals surface area (Å²) in [5, 5.41) is 0. The Bertz CT molecular complexity index is 329. The Morgan fingerprint density at radius 2 is 2.23 bits per heavy atom. The molecule has 13 heavy (non-hydrogen) atoms. The van der Waals surface area contributed by atoms with E-state index in [4.69, 9.17) is 11.6 Å². The molecular weight excluding hydrogens is 184 g/mol. The van der Waals surface area contributed by atoms with Crippen molar-refractivity contribution in [1.82, 2.24) is 0 Å². The van der Waals surface area contributed by atoms with Crippen molar-refractivity contribution in [2.24, 2.45) is 0 Å². The second-order valence-corrected chi connectivity index (χ2v) is 3.10. The Kier molecular flexibility index (Phi) is 3.71. The third kappa shape index (κ3) is 2.71. The fraction of sp³-hybridized carbons (Fsp3) is 0.182. The largest absolute Gasteiger partial charge is 0.298 e. The SMILES string of the molecule is Cc1cc(C=O)ccc1C=CCCl. The fourth-order valence-corrected chi connectivity index (χ4v) is 1.22. The first kappa shape index (κ1) is 10.0. The Hall–Kier alpha value is -1.08. The van der Waals surface area contributed by atoms with Crippen LogP contribution in [0.25, 0.3) is 6.08 Å². The number of benzene rings is 1. The third-order valence-corrected chi connectivity index (χ3v) is 1.99. The van der Waals surface area contributed by atoms with Gasteiger partial charge in [0.2, 0.25) is 0 Å². The van der Waals surface area contributed by atoms with Crippen LogP contribution < -0.4 is 0 Å². The van der Waals surface area contributed by atoms with Crippen LogP contribution in [0.1, 0.15) is 21.5 Å². The highest BCUT2D eigenvalue weighted by molar-refractivity contribution is 6.19. The van der Waals surface area contributed by atoms with E-state index in [0.29, 0.717) is 11.4 Å². The molecule has 68 valence electrons. The van der Waals surface area contributed by atoms with Crippen molar-refractivity contribution in [3.63, 3.8) is 0 Å². The van der Waals surface area contributed by atoms with Crippen LogP contribution in [0.15, 0.2) is 24.3 Å². The molecule has 0 fully saturated rings. The summed E-state index contributed by atoms with van der Waals surface area (Å²) in [6.07, 6.45) is 4.68. The molecule has 0 aromatic heterocycles. The average Bonchev–Trinajstić information content (AvgIpc) is 2.16. The lowest BCUT2D eigenvalue weighted by molar-refractivity contribution is 0.112. The average molecular weight is 195 g/mol. The van der Waals surface area contributed by atoms with Gasteiger partial charge in [-0.3, -0.25) is 4.79 Å². The second kappa shape index (κ2) is 4.83. The molecule has 1 aromatic rings. The highest BCUT2D eigenvalue weighted by Gasteiger charge is 1.95. The molecule has 0 radical (unpaired) electrons. The van der Waals surface area contributed by atoms with Gasteiger partial charge in [-0.25, -0.2) is 0 Å². The summed E-state index contributed by atoms with van der Waals surface area (Å²) in [6.45, 7) is 1.97. The topological polar surface area (TPSA) is 17.1 Å². The number of alkyl halides is 1. The van der Waals surface area contributed by atoms with Crippen molar-refractivity contribution in [1.29, 1.82) is 0 Å². The van der Waals surface area contributed by atoms with E-state index in [0.717, 1.165) is 17.4 Å². The lowest BCUT2D eigenvalue weighted by Crippen LogP contribution is -1.85. The van der Waals surface area contributed by atoms with E-state index < -0.39 is 0 Å². The number of carbonyl (C=O) groups excluding carboxylic acids is 1. The highest BCUT2D eigenvalue weighted by atomic mass is 35.5. The molecule has 0 saturated heterocycles. The van der Waals surface area contributed by atoms with Crippen molar-refractivity contribution < 1.29 is 4.79 Å². The lowest BCUT2D eigenvalue weighted by atomic mass is 10.1. The van der Waals surface area contributed by atoms with Crippen LogP contribution in [0.3, 0.4) is 0 Å². The predicted octanol–water partition coefficient (Wildman–Crippen LogP) is 3.06. The molecule has 0 aliphatic heterocycles. The molecule has 0 bridgehead atoms. The number of allylic oxidation sites excluding steroid dienone is 1. The smallest absolute Gasteiger partial charge is 0.150 e. The minimum Gasteiger partial charge on any atom is -0.298 e. The highest BCUT2D eigenvalue weighted by Crippen LogP contribution is 2.11. The van der Waals surface area contributed by atoms with E-state index in [1.54, 1.807) is 6.07 Å². The maximum atomic E-state index is 10.4.